The zero-order valence-electron chi connectivity index (χ0n) is 9.97. The number of rotatable bonds is 3. The molecule has 0 unspecified atom stereocenters. The van der Waals surface area contributed by atoms with E-state index in [2.05, 4.69) is 9.97 Å². The second-order valence-electron chi connectivity index (χ2n) is 3.83. The van der Waals surface area contributed by atoms with Crippen molar-refractivity contribution in [1.29, 1.82) is 0 Å². The lowest BCUT2D eigenvalue weighted by atomic mass is 10.4. The summed E-state index contributed by atoms with van der Waals surface area (Å²) < 4.78 is 28.8. The largest absolute Gasteiger partial charge is 0.378 e. The van der Waals surface area contributed by atoms with Crippen LogP contribution in [0.5, 0.6) is 0 Å². The van der Waals surface area contributed by atoms with E-state index < -0.39 is 9.84 Å². The average Bonchev–Trinajstić information content (AvgIpc) is 2.39. The Labute approximate surface area is 111 Å². The van der Waals surface area contributed by atoms with Crippen molar-refractivity contribution in [2.45, 2.75) is 11.9 Å². The third-order valence-corrected chi connectivity index (χ3v) is 4.45. The van der Waals surface area contributed by atoms with Gasteiger partial charge in [-0.1, -0.05) is 18.5 Å². The Hall–Kier alpha value is -0.920. The highest BCUT2D eigenvalue weighted by Crippen LogP contribution is 2.19. The maximum absolute atomic E-state index is 11.8. The van der Waals surface area contributed by atoms with Crippen molar-refractivity contribution in [3.8, 4) is 0 Å². The number of sulfone groups is 1. The molecule has 0 amide bonds. The highest BCUT2D eigenvalue weighted by molar-refractivity contribution is 7.91. The fourth-order valence-electron chi connectivity index (χ4n) is 1.60. The van der Waals surface area contributed by atoms with E-state index in [9.17, 15) is 8.42 Å². The molecule has 1 saturated heterocycles. The van der Waals surface area contributed by atoms with Crippen molar-refractivity contribution in [3.63, 3.8) is 0 Å². The van der Waals surface area contributed by atoms with Crippen molar-refractivity contribution < 1.29 is 13.2 Å². The molecule has 0 saturated carbocycles. The average molecular weight is 292 g/mol. The Kier molecular flexibility index (Phi) is 4.04. The molecule has 8 heteroatoms. The zero-order chi connectivity index (χ0) is 13.2. The number of hydrogen-bond acceptors (Lipinski definition) is 6. The van der Waals surface area contributed by atoms with E-state index in [0.717, 1.165) is 0 Å². The van der Waals surface area contributed by atoms with Crippen LogP contribution in [0.1, 0.15) is 6.92 Å². The summed E-state index contributed by atoms with van der Waals surface area (Å²) in [6.45, 7) is 3.98. The van der Waals surface area contributed by atoms with Crippen LogP contribution in [-0.2, 0) is 14.6 Å². The predicted molar refractivity (Wildman–Crippen MR) is 67.8 cm³/mol. The molecule has 100 valence electrons. The molecule has 1 aliphatic heterocycles. The van der Waals surface area contributed by atoms with E-state index in [-0.39, 0.29) is 15.9 Å². The number of anilines is 1. The van der Waals surface area contributed by atoms with Gasteiger partial charge in [-0.15, -0.1) is 0 Å². The molecule has 0 aromatic carbocycles. The smallest absolute Gasteiger partial charge is 0.228 e. The summed E-state index contributed by atoms with van der Waals surface area (Å²) in [5, 5.41) is 0.116. The van der Waals surface area contributed by atoms with Crippen LogP contribution in [0.25, 0.3) is 0 Å². The van der Waals surface area contributed by atoms with Gasteiger partial charge in [-0.05, 0) is 0 Å². The maximum atomic E-state index is 11.8. The number of aromatic nitrogens is 2. The first-order valence-electron chi connectivity index (χ1n) is 5.63. The van der Waals surface area contributed by atoms with Gasteiger partial charge in [0, 0.05) is 19.2 Å². The van der Waals surface area contributed by atoms with Crippen LogP contribution in [0.15, 0.2) is 11.1 Å². The summed E-state index contributed by atoms with van der Waals surface area (Å²) in [5.41, 5.74) is 0. The van der Waals surface area contributed by atoms with Crippen LogP contribution in [0, 0.1) is 0 Å². The topological polar surface area (TPSA) is 72.4 Å². The van der Waals surface area contributed by atoms with Gasteiger partial charge in [-0.25, -0.2) is 18.4 Å². The van der Waals surface area contributed by atoms with Gasteiger partial charge in [0.15, 0.2) is 14.9 Å². The monoisotopic (exact) mass is 291 g/mol. The van der Waals surface area contributed by atoms with Crippen LogP contribution >= 0.6 is 11.6 Å². The molecule has 0 N–H and O–H groups in total. The van der Waals surface area contributed by atoms with Crippen LogP contribution in [0.4, 0.5) is 5.95 Å². The summed E-state index contributed by atoms with van der Waals surface area (Å²) >= 11 is 5.86. The molecule has 0 aliphatic carbocycles. The SMILES string of the molecule is CCS(=O)(=O)c1cc(Cl)nc(N2CCOCC2)n1. The standard InChI is InChI=1S/C10H14ClN3O3S/c1-2-18(15,16)9-7-8(11)12-10(13-9)14-3-5-17-6-4-14/h7H,2-6H2,1H3. The normalized spacial score (nSPS) is 16.9. The van der Waals surface area contributed by atoms with E-state index in [1.807, 2.05) is 4.90 Å². The number of hydrogen-bond donors (Lipinski definition) is 0. The van der Waals surface area contributed by atoms with E-state index >= 15 is 0 Å². The molecule has 2 heterocycles. The molecule has 1 aliphatic rings. The van der Waals surface area contributed by atoms with Crippen LogP contribution in [0.2, 0.25) is 5.15 Å². The molecule has 1 fully saturated rings. The van der Waals surface area contributed by atoms with Crippen molar-refractivity contribution in [2.24, 2.45) is 0 Å². The van der Waals surface area contributed by atoms with Gasteiger partial charge in [0.1, 0.15) is 5.15 Å². The predicted octanol–water partition coefficient (Wildman–Crippen LogP) is 0.760. The van der Waals surface area contributed by atoms with Crippen molar-refractivity contribution in [3.05, 3.63) is 11.2 Å². The molecule has 1 aromatic heterocycles. The molecule has 6 nitrogen and oxygen atoms in total. The molecular weight excluding hydrogens is 278 g/mol. The lowest BCUT2D eigenvalue weighted by Crippen LogP contribution is -2.37. The summed E-state index contributed by atoms with van der Waals surface area (Å²) in [4.78, 5) is 10.0. The molecule has 18 heavy (non-hydrogen) atoms. The van der Waals surface area contributed by atoms with Gasteiger partial charge in [0.25, 0.3) is 0 Å². The maximum Gasteiger partial charge on any atom is 0.228 e. The lowest BCUT2D eigenvalue weighted by molar-refractivity contribution is 0.122. The van der Waals surface area contributed by atoms with Gasteiger partial charge in [0.05, 0.1) is 19.0 Å². The van der Waals surface area contributed by atoms with Gasteiger partial charge >= 0.3 is 0 Å². The zero-order valence-corrected chi connectivity index (χ0v) is 11.5. The number of halogens is 1. The van der Waals surface area contributed by atoms with Gasteiger partial charge < -0.3 is 9.64 Å². The Morgan fingerprint density at radius 3 is 2.67 bits per heavy atom. The molecule has 1 aromatic rings. The highest BCUT2D eigenvalue weighted by Gasteiger charge is 2.20. The minimum atomic E-state index is -3.38. The first-order chi connectivity index (χ1) is 8.53. The Morgan fingerprint density at radius 2 is 2.06 bits per heavy atom. The van der Waals surface area contributed by atoms with E-state index in [1.54, 1.807) is 6.92 Å². The second kappa shape index (κ2) is 5.38. The molecule has 0 bridgehead atoms. The molecule has 0 spiro atoms. The van der Waals surface area contributed by atoms with Crippen molar-refractivity contribution >= 4 is 27.4 Å². The van der Waals surface area contributed by atoms with E-state index in [1.165, 1.54) is 6.07 Å². The quantitative estimate of drug-likeness (QED) is 0.766. The molecular formula is C10H14ClN3O3S. The highest BCUT2D eigenvalue weighted by atomic mass is 35.5. The minimum Gasteiger partial charge on any atom is -0.378 e. The third kappa shape index (κ3) is 2.90. The molecule has 2 rings (SSSR count). The van der Waals surface area contributed by atoms with Crippen molar-refractivity contribution in [1.82, 2.24) is 9.97 Å². The molecule has 0 radical (unpaired) electrons. The van der Waals surface area contributed by atoms with Crippen molar-refractivity contribution in [2.75, 3.05) is 37.0 Å². The Morgan fingerprint density at radius 1 is 1.39 bits per heavy atom. The van der Waals surface area contributed by atoms with Gasteiger partial charge in [-0.2, -0.15) is 0 Å². The van der Waals surface area contributed by atoms with E-state index in [4.69, 9.17) is 16.3 Å². The Balaban J connectivity index is 2.37. The van der Waals surface area contributed by atoms with Crippen LogP contribution < -0.4 is 4.90 Å². The van der Waals surface area contributed by atoms with Crippen LogP contribution in [0.3, 0.4) is 0 Å². The summed E-state index contributed by atoms with van der Waals surface area (Å²) in [6, 6.07) is 1.28. The lowest BCUT2D eigenvalue weighted by Gasteiger charge is -2.26. The Bertz CT molecular complexity index is 529. The number of nitrogens with zero attached hydrogens (tertiary/aromatic N) is 3. The second-order valence-corrected chi connectivity index (χ2v) is 6.44. The van der Waals surface area contributed by atoms with Gasteiger partial charge in [-0.3, -0.25) is 0 Å². The van der Waals surface area contributed by atoms with Gasteiger partial charge in [0.2, 0.25) is 5.95 Å². The first-order valence-corrected chi connectivity index (χ1v) is 7.66. The number of morpholine rings is 1. The fourth-order valence-corrected chi connectivity index (χ4v) is 2.65. The summed E-state index contributed by atoms with van der Waals surface area (Å²) in [5.74, 6) is 0.334. The third-order valence-electron chi connectivity index (χ3n) is 2.65. The summed E-state index contributed by atoms with van der Waals surface area (Å²) in [7, 11) is -3.38. The minimum absolute atomic E-state index is 0.0110. The van der Waals surface area contributed by atoms with E-state index in [0.29, 0.717) is 32.3 Å². The fraction of sp³-hybridized carbons (Fsp3) is 0.600. The first kappa shape index (κ1) is 13.5. The number of ether oxygens (including phenoxy) is 1. The van der Waals surface area contributed by atoms with Crippen LogP contribution in [-0.4, -0.2) is 50.4 Å². The molecule has 0 atom stereocenters. The summed E-state index contributed by atoms with van der Waals surface area (Å²) in [6.07, 6.45) is 0.